The zero-order valence-corrected chi connectivity index (χ0v) is 16.4. The van der Waals surface area contributed by atoms with E-state index in [0.29, 0.717) is 19.5 Å². The van der Waals surface area contributed by atoms with E-state index in [2.05, 4.69) is 20.5 Å². The van der Waals surface area contributed by atoms with Crippen LogP contribution in [0, 0.1) is 0 Å². The van der Waals surface area contributed by atoms with Gasteiger partial charge in [-0.05, 0) is 65.8 Å². The molecule has 1 aliphatic rings. The number of nitrogens with zero attached hydrogens (tertiary/aromatic N) is 3. The molecule has 2 N–H and O–H groups in total. The third-order valence-corrected chi connectivity index (χ3v) is 4.40. The largest absolute Gasteiger partial charge is 0.401 e. The van der Waals surface area contributed by atoms with Gasteiger partial charge in [-0.2, -0.15) is 13.2 Å². The molecule has 154 valence electrons. The Balaban J connectivity index is 2.19. The first-order valence-corrected chi connectivity index (χ1v) is 9.90. The molecule has 0 atom stereocenters. The number of guanidine groups is 1. The van der Waals surface area contributed by atoms with Crippen LogP contribution < -0.4 is 10.6 Å². The van der Waals surface area contributed by atoms with Crippen molar-refractivity contribution in [2.75, 3.05) is 59.4 Å². The van der Waals surface area contributed by atoms with Crippen LogP contribution in [0.25, 0.3) is 0 Å². The Hall–Kier alpha value is -1.02. The Kier molecular flexibility index (Phi) is 11.7. The number of aliphatic imine (C=N–C) groups is 1. The highest BCUT2D eigenvalue weighted by Gasteiger charge is 2.28. The monoisotopic (exact) mass is 379 g/mol. The highest BCUT2D eigenvalue weighted by atomic mass is 19.4. The Morgan fingerprint density at radius 2 is 1.77 bits per heavy atom. The highest BCUT2D eigenvalue weighted by Crippen LogP contribution is 2.15. The van der Waals surface area contributed by atoms with Crippen molar-refractivity contribution in [1.82, 2.24) is 20.4 Å². The van der Waals surface area contributed by atoms with Gasteiger partial charge in [-0.3, -0.25) is 9.89 Å². The van der Waals surface area contributed by atoms with E-state index in [1.54, 1.807) is 0 Å². The van der Waals surface area contributed by atoms with Gasteiger partial charge in [0.05, 0.1) is 6.54 Å². The molecule has 0 aromatic rings. The summed E-state index contributed by atoms with van der Waals surface area (Å²) >= 11 is 0. The number of hydrogen-bond acceptors (Lipinski definition) is 3. The number of hydrogen-bond donors (Lipinski definition) is 2. The molecule has 1 saturated heterocycles. The van der Waals surface area contributed by atoms with Crippen molar-refractivity contribution in [2.45, 2.75) is 51.6 Å². The van der Waals surface area contributed by atoms with Crippen LogP contribution in [-0.2, 0) is 0 Å². The predicted octanol–water partition coefficient (Wildman–Crippen LogP) is 2.69. The first-order valence-electron chi connectivity index (χ1n) is 9.90. The van der Waals surface area contributed by atoms with E-state index in [-0.39, 0.29) is 0 Å². The molecule has 1 fully saturated rings. The van der Waals surface area contributed by atoms with E-state index >= 15 is 0 Å². The smallest absolute Gasteiger partial charge is 0.357 e. The fourth-order valence-electron chi connectivity index (χ4n) is 3.13. The quantitative estimate of drug-likeness (QED) is 0.348. The van der Waals surface area contributed by atoms with Crippen molar-refractivity contribution < 1.29 is 13.2 Å². The minimum absolute atomic E-state index is 0.386. The SMILES string of the molecule is CCNC(=NCCCN(C)CC(F)(F)F)NCCCN1CCCCCC1. The second kappa shape index (κ2) is 13.2. The van der Waals surface area contributed by atoms with Crippen molar-refractivity contribution >= 4 is 5.96 Å². The molecule has 0 aromatic carbocycles. The Morgan fingerprint density at radius 1 is 1.08 bits per heavy atom. The molecule has 0 aromatic heterocycles. The molecule has 0 saturated carbocycles. The maximum atomic E-state index is 12.3. The summed E-state index contributed by atoms with van der Waals surface area (Å²) in [5.41, 5.74) is 0. The molecule has 0 bridgehead atoms. The number of likely N-dealkylation sites (tertiary alicyclic amines) is 1. The van der Waals surface area contributed by atoms with E-state index < -0.39 is 12.7 Å². The lowest BCUT2D eigenvalue weighted by Gasteiger charge is -2.20. The maximum Gasteiger partial charge on any atom is 0.401 e. The molecule has 0 aliphatic carbocycles. The highest BCUT2D eigenvalue weighted by molar-refractivity contribution is 5.79. The van der Waals surface area contributed by atoms with Crippen LogP contribution in [0.2, 0.25) is 0 Å². The molecule has 0 spiro atoms. The summed E-state index contributed by atoms with van der Waals surface area (Å²) in [6.45, 7) is 7.19. The molecule has 8 heteroatoms. The van der Waals surface area contributed by atoms with Gasteiger partial charge >= 0.3 is 6.18 Å². The maximum absolute atomic E-state index is 12.3. The van der Waals surface area contributed by atoms with Crippen molar-refractivity contribution in [3.63, 3.8) is 0 Å². The van der Waals surface area contributed by atoms with E-state index in [4.69, 9.17) is 0 Å². The second-order valence-electron chi connectivity index (χ2n) is 7.00. The predicted molar refractivity (Wildman–Crippen MR) is 102 cm³/mol. The molecule has 0 amide bonds. The number of nitrogens with one attached hydrogen (secondary N) is 2. The Labute approximate surface area is 156 Å². The molecule has 1 rings (SSSR count). The zero-order chi connectivity index (χ0) is 19.3. The summed E-state index contributed by atoms with van der Waals surface area (Å²) in [4.78, 5) is 8.28. The van der Waals surface area contributed by atoms with Crippen LogP contribution in [-0.4, -0.2) is 81.3 Å². The van der Waals surface area contributed by atoms with Gasteiger partial charge in [-0.15, -0.1) is 0 Å². The van der Waals surface area contributed by atoms with Crippen molar-refractivity contribution in [2.24, 2.45) is 4.99 Å². The van der Waals surface area contributed by atoms with Crippen LogP contribution >= 0.6 is 0 Å². The average Bonchev–Trinajstić information content (AvgIpc) is 2.82. The minimum atomic E-state index is -4.14. The molecule has 1 aliphatic heterocycles. The van der Waals surface area contributed by atoms with Crippen molar-refractivity contribution in [3.8, 4) is 0 Å². The van der Waals surface area contributed by atoms with Crippen molar-refractivity contribution in [1.29, 1.82) is 0 Å². The third kappa shape index (κ3) is 12.4. The molecule has 0 unspecified atom stereocenters. The molecule has 0 radical (unpaired) electrons. The first-order chi connectivity index (χ1) is 12.4. The van der Waals surface area contributed by atoms with E-state index in [9.17, 15) is 13.2 Å². The van der Waals surface area contributed by atoms with Gasteiger partial charge in [0.2, 0.25) is 0 Å². The summed E-state index contributed by atoms with van der Waals surface area (Å²) < 4.78 is 36.8. The first kappa shape index (κ1) is 23.0. The number of alkyl halides is 3. The van der Waals surface area contributed by atoms with Crippen LogP contribution in [0.1, 0.15) is 45.4 Å². The van der Waals surface area contributed by atoms with Gasteiger partial charge in [0.1, 0.15) is 0 Å². The third-order valence-electron chi connectivity index (χ3n) is 4.40. The molecule has 5 nitrogen and oxygen atoms in total. The van der Waals surface area contributed by atoms with Crippen molar-refractivity contribution in [3.05, 3.63) is 0 Å². The minimum Gasteiger partial charge on any atom is -0.357 e. The standard InChI is InChI=1S/C18H36F3N5/c1-3-22-17(23-10-8-12-25(2)16-18(19,20)21)24-11-9-15-26-13-6-4-5-7-14-26/h3-16H2,1-2H3,(H2,22,23,24). The van der Waals surface area contributed by atoms with Gasteiger partial charge < -0.3 is 15.5 Å². The van der Waals surface area contributed by atoms with Gasteiger partial charge in [-0.25, -0.2) is 0 Å². The molecule has 1 heterocycles. The lowest BCUT2D eigenvalue weighted by atomic mass is 10.2. The topological polar surface area (TPSA) is 42.9 Å². The zero-order valence-electron chi connectivity index (χ0n) is 16.4. The second-order valence-corrected chi connectivity index (χ2v) is 7.00. The van der Waals surface area contributed by atoms with Gasteiger partial charge in [-0.1, -0.05) is 12.8 Å². The normalized spacial score (nSPS) is 17.4. The van der Waals surface area contributed by atoms with Gasteiger partial charge in [0.25, 0.3) is 0 Å². The van der Waals surface area contributed by atoms with Crippen LogP contribution in [0.5, 0.6) is 0 Å². The van der Waals surface area contributed by atoms with Crippen LogP contribution in [0.3, 0.4) is 0 Å². The summed E-state index contributed by atoms with van der Waals surface area (Å²) in [7, 11) is 1.49. The number of rotatable bonds is 10. The van der Waals surface area contributed by atoms with E-state index in [1.165, 1.54) is 50.7 Å². The van der Waals surface area contributed by atoms with Crippen LogP contribution in [0.15, 0.2) is 4.99 Å². The summed E-state index contributed by atoms with van der Waals surface area (Å²) in [5.74, 6) is 0.752. The fourth-order valence-corrected chi connectivity index (χ4v) is 3.13. The van der Waals surface area contributed by atoms with E-state index in [0.717, 1.165) is 32.0 Å². The Morgan fingerprint density at radius 3 is 2.38 bits per heavy atom. The molecular weight excluding hydrogens is 343 g/mol. The van der Waals surface area contributed by atoms with Gasteiger partial charge in [0, 0.05) is 19.6 Å². The fraction of sp³-hybridized carbons (Fsp3) is 0.944. The Bertz CT molecular complexity index is 380. The average molecular weight is 380 g/mol. The van der Waals surface area contributed by atoms with E-state index in [1.807, 2.05) is 6.92 Å². The molecular formula is C18H36F3N5. The molecule has 26 heavy (non-hydrogen) atoms. The number of halogens is 3. The summed E-state index contributed by atoms with van der Waals surface area (Å²) in [5, 5.41) is 6.51. The lowest BCUT2D eigenvalue weighted by Crippen LogP contribution is -2.39. The van der Waals surface area contributed by atoms with Crippen LogP contribution in [0.4, 0.5) is 13.2 Å². The lowest BCUT2D eigenvalue weighted by molar-refractivity contribution is -0.143. The summed E-state index contributed by atoms with van der Waals surface area (Å²) in [6.07, 6.45) is 2.85. The summed E-state index contributed by atoms with van der Waals surface area (Å²) in [6, 6.07) is 0. The van der Waals surface area contributed by atoms with Gasteiger partial charge in [0.15, 0.2) is 5.96 Å².